The van der Waals surface area contributed by atoms with Gasteiger partial charge in [0.05, 0.1) is 0 Å². The van der Waals surface area contributed by atoms with E-state index < -0.39 is 0 Å². The van der Waals surface area contributed by atoms with Crippen LogP contribution in [0.2, 0.25) is 0 Å². The van der Waals surface area contributed by atoms with Crippen molar-refractivity contribution in [3.05, 3.63) is 35.4 Å². The molecule has 0 amide bonds. The van der Waals surface area contributed by atoms with Gasteiger partial charge in [-0.2, -0.15) is 0 Å². The third-order valence-corrected chi connectivity index (χ3v) is 2.24. The Bertz CT molecular complexity index is 347. The van der Waals surface area contributed by atoms with Crippen LogP contribution in [0.25, 0.3) is 0 Å². The molecule has 0 atom stereocenters. The van der Waals surface area contributed by atoms with Crippen molar-refractivity contribution in [1.29, 1.82) is 0 Å². The van der Waals surface area contributed by atoms with Crippen LogP contribution in [0.4, 0.5) is 0 Å². The van der Waals surface area contributed by atoms with E-state index >= 15 is 0 Å². The van der Waals surface area contributed by atoms with E-state index in [2.05, 4.69) is 42.9 Å². The van der Waals surface area contributed by atoms with E-state index in [4.69, 9.17) is 5.73 Å². The molecule has 0 aliphatic carbocycles. The fraction of sp³-hybridized carbons (Fsp3) is 0.417. The quantitative estimate of drug-likeness (QED) is 0.458. The van der Waals surface area contributed by atoms with Crippen LogP contribution in [0.1, 0.15) is 31.9 Å². The van der Waals surface area contributed by atoms with E-state index in [9.17, 15) is 0 Å². The highest BCUT2D eigenvalue weighted by Gasteiger charge is 2.13. The summed E-state index contributed by atoms with van der Waals surface area (Å²) in [5.74, 6) is 0.401. The molecule has 0 aliphatic rings. The van der Waals surface area contributed by atoms with Gasteiger partial charge in [0.25, 0.3) is 0 Å². The lowest BCUT2D eigenvalue weighted by Crippen LogP contribution is -2.15. The summed E-state index contributed by atoms with van der Waals surface area (Å²) in [6, 6.07) is 8.04. The number of hydrogen-bond donors (Lipinski definition) is 1. The fourth-order valence-corrected chi connectivity index (χ4v) is 1.29. The molecule has 0 aliphatic heterocycles. The van der Waals surface area contributed by atoms with Crippen molar-refractivity contribution >= 4 is 5.84 Å². The predicted octanol–water partition coefficient (Wildman–Crippen LogP) is 2.25. The molecule has 15 heavy (non-hydrogen) atoms. The zero-order valence-electron chi connectivity index (χ0n) is 9.74. The third-order valence-electron chi connectivity index (χ3n) is 2.24. The normalized spacial score (nSPS) is 12.7. The lowest BCUT2D eigenvalue weighted by Gasteiger charge is -2.18. The Hall–Kier alpha value is -1.51. The minimum Gasteiger partial charge on any atom is -0.397 e. The first kappa shape index (κ1) is 11.6. The van der Waals surface area contributed by atoms with Crippen molar-refractivity contribution in [3.63, 3.8) is 0 Å². The first-order valence-electron chi connectivity index (χ1n) is 4.92. The topological polar surface area (TPSA) is 47.6 Å². The minimum absolute atomic E-state index is 0.158. The number of oxime groups is 1. The Morgan fingerprint density at radius 1 is 1.20 bits per heavy atom. The molecule has 2 N–H and O–H groups in total. The number of nitrogens with zero attached hydrogens (tertiary/aromatic N) is 1. The second-order valence-corrected chi connectivity index (χ2v) is 4.49. The lowest BCUT2D eigenvalue weighted by molar-refractivity contribution is 0.213. The number of benzene rings is 1. The average Bonchev–Trinajstić information content (AvgIpc) is 2.17. The molecule has 0 saturated heterocycles. The van der Waals surface area contributed by atoms with Gasteiger partial charge >= 0.3 is 0 Å². The minimum atomic E-state index is 0.158. The van der Waals surface area contributed by atoms with Crippen molar-refractivity contribution < 1.29 is 4.84 Å². The van der Waals surface area contributed by atoms with Gasteiger partial charge in [0.15, 0.2) is 5.84 Å². The maximum Gasteiger partial charge on any atom is 0.170 e. The summed E-state index contributed by atoms with van der Waals surface area (Å²) in [7, 11) is 1.48. The summed E-state index contributed by atoms with van der Waals surface area (Å²) in [6.07, 6.45) is 0. The van der Waals surface area contributed by atoms with Gasteiger partial charge in [-0.25, -0.2) is 0 Å². The van der Waals surface area contributed by atoms with Gasteiger partial charge in [-0.15, -0.1) is 0 Å². The lowest BCUT2D eigenvalue weighted by atomic mass is 9.87. The molecule has 0 heterocycles. The largest absolute Gasteiger partial charge is 0.397 e. The molecule has 1 aromatic carbocycles. The van der Waals surface area contributed by atoms with Gasteiger partial charge in [-0.1, -0.05) is 50.2 Å². The number of rotatable bonds is 2. The smallest absolute Gasteiger partial charge is 0.170 e. The van der Waals surface area contributed by atoms with Gasteiger partial charge in [-0.3, -0.25) is 0 Å². The average molecular weight is 206 g/mol. The van der Waals surface area contributed by atoms with E-state index in [0.717, 1.165) is 5.56 Å². The number of amidine groups is 1. The highest BCUT2D eigenvalue weighted by Crippen LogP contribution is 2.21. The molecule has 0 aromatic heterocycles. The molecule has 0 unspecified atom stereocenters. The maximum absolute atomic E-state index is 5.69. The van der Waals surface area contributed by atoms with Crippen LogP contribution in [0.15, 0.2) is 29.4 Å². The summed E-state index contributed by atoms with van der Waals surface area (Å²) >= 11 is 0. The van der Waals surface area contributed by atoms with E-state index in [1.165, 1.54) is 12.7 Å². The second kappa shape index (κ2) is 4.34. The van der Waals surface area contributed by atoms with E-state index in [0.29, 0.717) is 5.84 Å². The molecule has 0 radical (unpaired) electrons. The summed E-state index contributed by atoms with van der Waals surface area (Å²) < 4.78 is 0. The fourth-order valence-electron chi connectivity index (χ4n) is 1.29. The Labute approximate surface area is 90.9 Å². The molecule has 3 nitrogen and oxygen atoms in total. The summed E-state index contributed by atoms with van der Waals surface area (Å²) in [5.41, 5.74) is 8.00. The molecular weight excluding hydrogens is 188 g/mol. The summed E-state index contributed by atoms with van der Waals surface area (Å²) in [5, 5.41) is 3.68. The second-order valence-electron chi connectivity index (χ2n) is 4.49. The van der Waals surface area contributed by atoms with Crippen LogP contribution >= 0.6 is 0 Å². The standard InChI is InChI=1S/C12H18N2O/c1-12(2,3)10-7-5-9(6-8-10)11(13)14-15-4/h5-8H,1-4H3,(H2,13,14). The zero-order chi connectivity index (χ0) is 11.5. The van der Waals surface area contributed by atoms with Crippen molar-refractivity contribution in [2.45, 2.75) is 26.2 Å². The predicted molar refractivity (Wildman–Crippen MR) is 62.9 cm³/mol. The SMILES string of the molecule is CO/N=C(\N)c1ccc(C(C)(C)C)cc1. The Balaban J connectivity index is 2.96. The maximum atomic E-state index is 5.69. The van der Waals surface area contributed by atoms with Gasteiger partial charge in [0, 0.05) is 5.56 Å². The number of nitrogens with two attached hydrogens (primary N) is 1. The summed E-state index contributed by atoms with van der Waals surface area (Å²) in [4.78, 5) is 4.62. The zero-order valence-corrected chi connectivity index (χ0v) is 9.74. The van der Waals surface area contributed by atoms with Crippen LogP contribution in [-0.4, -0.2) is 12.9 Å². The third kappa shape index (κ3) is 2.98. The molecule has 0 bridgehead atoms. The van der Waals surface area contributed by atoms with E-state index in [1.807, 2.05) is 12.1 Å². The molecule has 3 heteroatoms. The number of hydrogen-bond acceptors (Lipinski definition) is 2. The van der Waals surface area contributed by atoms with Crippen LogP contribution in [0.5, 0.6) is 0 Å². The van der Waals surface area contributed by atoms with Crippen LogP contribution < -0.4 is 5.73 Å². The van der Waals surface area contributed by atoms with Crippen molar-refractivity contribution in [3.8, 4) is 0 Å². The molecule has 0 saturated carbocycles. The monoisotopic (exact) mass is 206 g/mol. The van der Waals surface area contributed by atoms with E-state index in [-0.39, 0.29) is 5.41 Å². The van der Waals surface area contributed by atoms with Crippen molar-refractivity contribution in [2.24, 2.45) is 10.9 Å². The molecule has 82 valence electrons. The Morgan fingerprint density at radius 2 is 1.73 bits per heavy atom. The van der Waals surface area contributed by atoms with Gasteiger partial charge in [0.1, 0.15) is 7.11 Å². The highest BCUT2D eigenvalue weighted by molar-refractivity contribution is 5.97. The Morgan fingerprint density at radius 3 is 2.13 bits per heavy atom. The molecular formula is C12H18N2O. The summed E-state index contributed by atoms with van der Waals surface area (Å²) in [6.45, 7) is 6.53. The first-order valence-corrected chi connectivity index (χ1v) is 4.92. The first-order chi connectivity index (χ1) is 6.95. The highest BCUT2D eigenvalue weighted by atomic mass is 16.6. The molecule has 0 fully saturated rings. The van der Waals surface area contributed by atoms with Gasteiger partial charge < -0.3 is 10.6 Å². The van der Waals surface area contributed by atoms with Crippen molar-refractivity contribution in [2.75, 3.05) is 7.11 Å². The van der Waals surface area contributed by atoms with Crippen molar-refractivity contribution in [1.82, 2.24) is 0 Å². The van der Waals surface area contributed by atoms with Crippen LogP contribution in [0, 0.1) is 0 Å². The van der Waals surface area contributed by atoms with Crippen LogP contribution in [0.3, 0.4) is 0 Å². The molecule has 1 rings (SSSR count). The molecule has 0 spiro atoms. The van der Waals surface area contributed by atoms with E-state index in [1.54, 1.807) is 0 Å². The van der Waals surface area contributed by atoms with Crippen LogP contribution in [-0.2, 0) is 10.3 Å². The Kier molecular flexibility index (Phi) is 3.35. The van der Waals surface area contributed by atoms with Gasteiger partial charge in [0.2, 0.25) is 0 Å². The molecule has 1 aromatic rings. The van der Waals surface area contributed by atoms with Gasteiger partial charge in [-0.05, 0) is 11.0 Å².